The van der Waals surface area contributed by atoms with E-state index >= 15 is 0 Å². The molecule has 14 heavy (non-hydrogen) atoms. The van der Waals surface area contributed by atoms with Gasteiger partial charge < -0.3 is 11.1 Å². The number of aromatic nitrogens is 2. The normalized spacial score (nSPS) is 12.4. The molecule has 1 aromatic heterocycles. The van der Waals surface area contributed by atoms with Gasteiger partial charge in [0.05, 0.1) is 12.2 Å². The zero-order chi connectivity index (χ0) is 10.4. The minimum atomic E-state index is 0.0255. The highest BCUT2D eigenvalue weighted by Crippen LogP contribution is 1.98. The summed E-state index contributed by atoms with van der Waals surface area (Å²) >= 11 is 0. The second kappa shape index (κ2) is 5.39. The molecular weight excluding hydrogens is 180 g/mol. The number of nitrogens with zero attached hydrogens (tertiary/aromatic N) is 1. The van der Waals surface area contributed by atoms with Crippen molar-refractivity contribution in [1.29, 1.82) is 0 Å². The molecule has 0 aliphatic carbocycles. The minimum Gasteiger partial charge on any atom is -0.350 e. The molecule has 0 fully saturated rings. The van der Waals surface area contributed by atoms with Crippen molar-refractivity contribution in [2.24, 2.45) is 11.7 Å². The summed E-state index contributed by atoms with van der Waals surface area (Å²) in [7, 11) is 0. The maximum absolute atomic E-state index is 11.3. The minimum absolute atomic E-state index is 0.0255. The largest absolute Gasteiger partial charge is 0.350 e. The maximum Gasteiger partial charge on any atom is 0.220 e. The number of hydrogen-bond donors (Lipinski definition) is 3. The summed E-state index contributed by atoms with van der Waals surface area (Å²) in [6, 6.07) is 1.83. The van der Waals surface area contributed by atoms with Crippen LogP contribution in [0, 0.1) is 5.92 Å². The second-order valence-electron chi connectivity index (χ2n) is 3.40. The van der Waals surface area contributed by atoms with E-state index in [4.69, 9.17) is 5.73 Å². The van der Waals surface area contributed by atoms with Crippen molar-refractivity contribution in [2.75, 3.05) is 6.54 Å². The van der Waals surface area contributed by atoms with E-state index in [1.165, 1.54) is 0 Å². The average Bonchev–Trinajstić information content (AvgIpc) is 2.67. The van der Waals surface area contributed by atoms with E-state index in [1.807, 2.05) is 13.0 Å². The molecule has 1 amide bonds. The average molecular weight is 196 g/mol. The van der Waals surface area contributed by atoms with Crippen LogP contribution in [0.4, 0.5) is 0 Å². The van der Waals surface area contributed by atoms with E-state index in [2.05, 4.69) is 15.5 Å². The van der Waals surface area contributed by atoms with Gasteiger partial charge in [-0.15, -0.1) is 0 Å². The molecule has 1 rings (SSSR count). The van der Waals surface area contributed by atoms with Crippen LogP contribution in [-0.2, 0) is 11.3 Å². The topological polar surface area (TPSA) is 83.8 Å². The fraction of sp³-hybridized carbons (Fsp3) is 0.556. The van der Waals surface area contributed by atoms with Crippen LogP contribution in [0.1, 0.15) is 19.0 Å². The molecule has 0 spiro atoms. The Morgan fingerprint density at radius 3 is 3.14 bits per heavy atom. The van der Waals surface area contributed by atoms with Gasteiger partial charge in [-0.3, -0.25) is 9.89 Å². The van der Waals surface area contributed by atoms with Crippen LogP contribution in [0.2, 0.25) is 0 Å². The lowest BCUT2D eigenvalue weighted by atomic mass is 10.1. The van der Waals surface area contributed by atoms with Gasteiger partial charge >= 0.3 is 0 Å². The third kappa shape index (κ3) is 3.57. The molecule has 4 N–H and O–H groups in total. The fourth-order valence-electron chi connectivity index (χ4n) is 1.05. The van der Waals surface area contributed by atoms with Gasteiger partial charge in [-0.05, 0) is 18.5 Å². The smallest absolute Gasteiger partial charge is 0.220 e. The lowest BCUT2D eigenvalue weighted by Gasteiger charge is -2.07. The van der Waals surface area contributed by atoms with Gasteiger partial charge in [-0.25, -0.2) is 0 Å². The number of nitrogens with two attached hydrogens (primary N) is 1. The molecule has 0 bridgehead atoms. The molecule has 1 unspecified atom stereocenters. The van der Waals surface area contributed by atoms with Crippen LogP contribution >= 0.6 is 0 Å². The Hall–Kier alpha value is -1.36. The molecule has 0 aromatic carbocycles. The van der Waals surface area contributed by atoms with Crippen molar-refractivity contribution >= 4 is 5.91 Å². The Morgan fingerprint density at radius 1 is 1.79 bits per heavy atom. The summed E-state index contributed by atoms with van der Waals surface area (Å²) in [6.45, 7) is 2.99. The number of rotatable bonds is 5. The molecule has 0 radical (unpaired) electrons. The van der Waals surface area contributed by atoms with E-state index in [1.54, 1.807) is 6.20 Å². The van der Waals surface area contributed by atoms with Gasteiger partial charge in [0.15, 0.2) is 0 Å². The van der Waals surface area contributed by atoms with E-state index in [0.717, 1.165) is 5.69 Å². The standard InChI is InChI=1S/C9H16N4O/c1-7(5-10)4-9(14)11-6-8-2-3-12-13-8/h2-3,7H,4-6,10H2,1H3,(H,11,14)(H,12,13). The zero-order valence-electron chi connectivity index (χ0n) is 8.29. The summed E-state index contributed by atoms with van der Waals surface area (Å²) in [6.07, 6.45) is 2.13. The van der Waals surface area contributed by atoms with Crippen molar-refractivity contribution < 1.29 is 4.79 Å². The number of amides is 1. The molecule has 0 aliphatic heterocycles. The van der Waals surface area contributed by atoms with Crippen molar-refractivity contribution in [1.82, 2.24) is 15.5 Å². The highest BCUT2D eigenvalue weighted by molar-refractivity contribution is 5.76. The van der Waals surface area contributed by atoms with Crippen molar-refractivity contribution in [3.05, 3.63) is 18.0 Å². The molecular formula is C9H16N4O. The van der Waals surface area contributed by atoms with Crippen LogP contribution in [0.5, 0.6) is 0 Å². The van der Waals surface area contributed by atoms with Crippen molar-refractivity contribution in [3.8, 4) is 0 Å². The number of carbonyl (C=O) groups excluding carboxylic acids is 1. The first-order chi connectivity index (χ1) is 6.72. The molecule has 1 atom stereocenters. The lowest BCUT2D eigenvalue weighted by molar-refractivity contribution is -0.122. The number of carbonyl (C=O) groups is 1. The highest BCUT2D eigenvalue weighted by atomic mass is 16.1. The number of H-pyrrole nitrogens is 1. The molecule has 0 saturated carbocycles. The van der Waals surface area contributed by atoms with Crippen LogP contribution in [-0.4, -0.2) is 22.6 Å². The molecule has 0 aliphatic rings. The molecule has 78 valence electrons. The van der Waals surface area contributed by atoms with E-state index < -0.39 is 0 Å². The summed E-state index contributed by atoms with van der Waals surface area (Å²) in [5.41, 5.74) is 6.32. The van der Waals surface area contributed by atoms with Crippen LogP contribution in [0.3, 0.4) is 0 Å². The molecule has 1 aromatic rings. The van der Waals surface area contributed by atoms with E-state index in [9.17, 15) is 4.79 Å². The van der Waals surface area contributed by atoms with Gasteiger partial charge in [-0.1, -0.05) is 6.92 Å². The first-order valence-corrected chi connectivity index (χ1v) is 4.67. The van der Waals surface area contributed by atoms with Gasteiger partial charge in [0, 0.05) is 12.6 Å². The Morgan fingerprint density at radius 2 is 2.57 bits per heavy atom. The summed E-state index contributed by atoms with van der Waals surface area (Å²) in [5.74, 6) is 0.259. The third-order valence-electron chi connectivity index (χ3n) is 1.97. The SMILES string of the molecule is CC(CN)CC(=O)NCc1ccn[nH]1. The Kier molecular flexibility index (Phi) is 4.12. The quantitative estimate of drug-likeness (QED) is 0.620. The van der Waals surface area contributed by atoms with Crippen LogP contribution < -0.4 is 11.1 Å². The number of hydrogen-bond acceptors (Lipinski definition) is 3. The Balaban J connectivity index is 2.22. The van der Waals surface area contributed by atoms with Crippen molar-refractivity contribution in [3.63, 3.8) is 0 Å². The van der Waals surface area contributed by atoms with Gasteiger partial charge in [0.25, 0.3) is 0 Å². The van der Waals surface area contributed by atoms with Gasteiger partial charge in [0.1, 0.15) is 0 Å². The van der Waals surface area contributed by atoms with Gasteiger partial charge in [-0.2, -0.15) is 5.10 Å². The molecule has 5 nitrogen and oxygen atoms in total. The third-order valence-corrected chi connectivity index (χ3v) is 1.97. The highest BCUT2D eigenvalue weighted by Gasteiger charge is 2.06. The first-order valence-electron chi connectivity index (χ1n) is 4.67. The van der Waals surface area contributed by atoms with Crippen LogP contribution in [0.25, 0.3) is 0 Å². The second-order valence-corrected chi connectivity index (χ2v) is 3.40. The molecule has 1 heterocycles. The fourth-order valence-corrected chi connectivity index (χ4v) is 1.05. The number of aromatic amines is 1. The predicted molar refractivity (Wildman–Crippen MR) is 53.3 cm³/mol. The lowest BCUT2D eigenvalue weighted by Crippen LogP contribution is -2.26. The zero-order valence-corrected chi connectivity index (χ0v) is 8.29. The monoisotopic (exact) mass is 196 g/mol. The first kappa shape index (κ1) is 10.7. The molecule has 5 heteroatoms. The maximum atomic E-state index is 11.3. The Labute approximate surface area is 83.1 Å². The molecule has 0 saturated heterocycles. The number of nitrogens with one attached hydrogen (secondary N) is 2. The van der Waals surface area contributed by atoms with E-state index in [0.29, 0.717) is 19.5 Å². The van der Waals surface area contributed by atoms with E-state index in [-0.39, 0.29) is 11.8 Å². The van der Waals surface area contributed by atoms with Gasteiger partial charge in [0.2, 0.25) is 5.91 Å². The van der Waals surface area contributed by atoms with Crippen LogP contribution in [0.15, 0.2) is 12.3 Å². The predicted octanol–water partition coefficient (Wildman–Crippen LogP) is 0.0108. The Bertz CT molecular complexity index is 270. The summed E-state index contributed by atoms with van der Waals surface area (Å²) < 4.78 is 0. The van der Waals surface area contributed by atoms with Crippen molar-refractivity contribution in [2.45, 2.75) is 19.9 Å². The summed E-state index contributed by atoms with van der Waals surface area (Å²) in [5, 5.41) is 9.34. The summed E-state index contributed by atoms with van der Waals surface area (Å²) in [4.78, 5) is 11.3.